The lowest BCUT2D eigenvalue weighted by molar-refractivity contribution is -0.284. The van der Waals surface area contributed by atoms with Crippen LogP contribution < -0.4 is 4.74 Å². The van der Waals surface area contributed by atoms with Crippen LogP contribution in [-0.4, -0.2) is 29.8 Å². The van der Waals surface area contributed by atoms with Crippen molar-refractivity contribution in [2.24, 2.45) is 0 Å². The Balaban J connectivity index is 2.46. The zero-order valence-electron chi connectivity index (χ0n) is 10.1. The van der Waals surface area contributed by atoms with Gasteiger partial charge < -0.3 is 9.84 Å². The predicted octanol–water partition coefficient (Wildman–Crippen LogP) is 3.74. The third kappa shape index (κ3) is 4.36. The first-order valence-corrected chi connectivity index (χ1v) is 5.54. The molecule has 0 aliphatic rings. The van der Waals surface area contributed by atoms with Crippen molar-refractivity contribution in [1.29, 1.82) is 0 Å². The van der Waals surface area contributed by atoms with Gasteiger partial charge in [-0.1, -0.05) is 6.07 Å². The van der Waals surface area contributed by atoms with E-state index in [1.54, 1.807) is 0 Å². The van der Waals surface area contributed by atoms with E-state index in [0.717, 1.165) is 6.07 Å². The summed E-state index contributed by atoms with van der Waals surface area (Å²) in [6, 6.07) is 5.22. The summed E-state index contributed by atoms with van der Waals surface area (Å²) in [5.41, 5.74) is -0.0666. The fourth-order valence-corrected chi connectivity index (χ4v) is 1.34. The number of carboxylic acids is 1. The van der Waals surface area contributed by atoms with E-state index in [1.807, 2.05) is 0 Å². The van der Waals surface area contributed by atoms with E-state index in [9.17, 15) is 26.7 Å². The van der Waals surface area contributed by atoms with E-state index in [0.29, 0.717) is 0 Å². The maximum atomic E-state index is 12.6. The number of carbonyl (C=O) groups is 1. The molecule has 8 heteroatoms. The number of carboxylic acid groups (broad SMARTS) is 1. The first-order valence-electron chi connectivity index (χ1n) is 5.54. The van der Waals surface area contributed by atoms with Crippen molar-refractivity contribution in [3.05, 3.63) is 29.8 Å². The second-order valence-electron chi connectivity index (χ2n) is 3.99. The van der Waals surface area contributed by atoms with Gasteiger partial charge in [0, 0.05) is 6.42 Å². The maximum Gasteiger partial charge on any atom is 0.453 e. The second-order valence-corrected chi connectivity index (χ2v) is 3.99. The standard InChI is InChI=1S/C12H11F5O3/c13-11(14,12(15,16)17)5-2-6-20-9-4-1-3-8(7-9)10(18)19/h1,3-4,7H,2,5-6H2,(H,18,19). The van der Waals surface area contributed by atoms with E-state index in [2.05, 4.69) is 0 Å². The van der Waals surface area contributed by atoms with Crippen molar-refractivity contribution in [2.75, 3.05) is 6.61 Å². The number of alkyl halides is 5. The van der Waals surface area contributed by atoms with Crippen LogP contribution >= 0.6 is 0 Å². The highest BCUT2D eigenvalue weighted by Crippen LogP contribution is 2.38. The van der Waals surface area contributed by atoms with Gasteiger partial charge in [-0.25, -0.2) is 4.79 Å². The van der Waals surface area contributed by atoms with Crippen LogP contribution in [0.15, 0.2) is 24.3 Å². The highest BCUT2D eigenvalue weighted by atomic mass is 19.4. The zero-order valence-corrected chi connectivity index (χ0v) is 10.1. The molecule has 0 amide bonds. The van der Waals surface area contributed by atoms with Crippen LogP contribution in [0.5, 0.6) is 5.75 Å². The summed E-state index contributed by atoms with van der Waals surface area (Å²) in [6.45, 7) is -0.366. The quantitative estimate of drug-likeness (QED) is 0.643. The van der Waals surface area contributed by atoms with Crippen molar-refractivity contribution < 1.29 is 36.6 Å². The highest BCUT2D eigenvalue weighted by molar-refractivity contribution is 5.87. The summed E-state index contributed by atoms with van der Waals surface area (Å²) >= 11 is 0. The van der Waals surface area contributed by atoms with Crippen LogP contribution in [0.3, 0.4) is 0 Å². The van der Waals surface area contributed by atoms with Crippen LogP contribution in [-0.2, 0) is 0 Å². The van der Waals surface area contributed by atoms with Gasteiger partial charge in [0.1, 0.15) is 5.75 Å². The van der Waals surface area contributed by atoms with Gasteiger partial charge in [-0.3, -0.25) is 0 Å². The molecular formula is C12H11F5O3. The number of hydrogen-bond acceptors (Lipinski definition) is 2. The first-order chi connectivity index (χ1) is 9.13. The molecule has 0 unspecified atom stereocenters. The molecule has 0 aromatic heterocycles. The van der Waals surface area contributed by atoms with Crippen molar-refractivity contribution in [3.63, 3.8) is 0 Å². The zero-order chi connectivity index (χ0) is 15.4. The van der Waals surface area contributed by atoms with Gasteiger partial charge in [0.05, 0.1) is 12.2 Å². The fraction of sp³-hybridized carbons (Fsp3) is 0.417. The van der Waals surface area contributed by atoms with Gasteiger partial charge >= 0.3 is 18.1 Å². The molecule has 0 saturated carbocycles. The minimum Gasteiger partial charge on any atom is -0.494 e. The summed E-state index contributed by atoms with van der Waals surface area (Å²) in [6.07, 6.45) is -7.46. The van der Waals surface area contributed by atoms with Crippen molar-refractivity contribution in [2.45, 2.75) is 24.9 Å². The fourth-order valence-electron chi connectivity index (χ4n) is 1.34. The molecule has 0 heterocycles. The molecule has 0 bridgehead atoms. The molecule has 0 spiro atoms. The van der Waals surface area contributed by atoms with Crippen molar-refractivity contribution in [1.82, 2.24) is 0 Å². The topological polar surface area (TPSA) is 46.5 Å². The molecular weight excluding hydrogens is 287 g/mol. The monoisotopic (exact) mass is 298 g/mol. The van der Waals surface area contributed by atoms with Gasteiger partial charge in [-0.15, -0.1) is 0 Å². The summed E-state index contributed by atoms with van der Waals surface area (Å²) < 4.78 is 65.7. The predicted molar refractivity (Wildman–Crippen MR) is 59.1 cm³/mol. The number of benzene rings is 1. The molecule has 20 heavy (non-hydrogen) atoms. The summed E-state index contributed by atoms with van der Waals surface area (Å²) in [5, 5.41) is 8.70. The van der Waals surface area contributed by atoms with E-state index in [-0.39, 0.29) is 17.9 Å². The van der Waals surface area contributed by atoms with E-state index >= 15 is 0 Å². The summed E-state index contributed by atoms with van der Waals surface area (Å²) in [5.74, 6) is -5.85. The molecule has 1 rings (SSSR count). The van der Waals surface area contributed by atoms with Crippen molar-refractivity contribution >= 4 is 5.97 Å². The van der Waals surface area contributed by atoms with Crippen LogP contribution in [0.25, 0.3) is 0 Å². The number of aromatic carboxylic acids is 1. The molecule has 3 nitrogen and oxygen atoms in total. The lowest BCUT2D eigenvalue weighted by Gasteiger charge is -2.19. The normalized spacial score (nSPS) is 12.2. The van der Waals surface area contributed by atoms with Crippen LogP contribution in [0.4, 0.5) is 22.0 Å². The lowest BCUT2D eigenvalue weighted by atomic mass is 10.2. The van der Waals surface area contributed by atoms with Gasteiger partial charge in [-0.2, -0.15) is 22.0 Å². The molecule has 1 aromatic carbocycles. The molecule has 0 fully saturated rings. The Hall–Kier alpha value is -1.86. The maximum absolute atomic E-state index is 12.6. The second kappa shape index (κ2) is 6.06. The Morgan fingerprint density at radius 3 is 2.40 bits per heavy atom. The third-order valence-electron chi connectivity index (χ3n) is 2.40. The van der Waals surface area contributed by atoms with Gasteiger partial charge in [-0.05, 0) is 24.6 Å². The van der Waals surface area contributed by atoms with Gasteiger partial charge in [0.25, 0.3) is 0 Å². The van der Waals surface area contributed by atoms with Crippen LogP contribution in [0.1, 0.15) is 23.2 Å². The largest absolute Gasteiger partial charge is 0.494 e. The Morgan fingerprint density at radius 2 is 1.85 bits per heavy atom. The Kier molecular flexibility index (Phi) is 4.91. The first kappa shape index (κ1) is 16.2. The number of rotatable bonds is 6. The number of hydrogen-bond donors (Lipinski definition) is 1. The smallest absolute Gasteiger partial charge is 0.453 e. The third-order valence-corrected chi connectivity index (χ3v) is 2.40. The van der Waals surface area contributed by atoms with E-state index < -0.39 is 30.9 Å². The Labute approximate surface area is 111 Å². The summed E-state index contributed by atoms with van der Waals surface area (Å²) in [7, 11) is 0. The number of halogens is 5. The molecule has 1 N–H and O–H groups in total. The SMILES string of the molecule is O=C(O)c1cccc(OCCCC(F)(F)C(F)(F)F)c1. The highest BCUT2D eigenvalue weighted by Gasteiger charge is 2.56. The number of ether oxygens (including phenoxy) is 1. The van der Waals surface area contributed by atoms with Crippen molar-refractivity contribution in [3.8, 4) is 5.75 Å². The van der Waals surface area contributed by atoms with E-state index in [4.69, 9.17) is 9.84 Å². The average Bonchev–Trinajstić information content (AvgIpc) is 2.33. The molecule has 0 aliphatic carbocycles. The molecule has 0 aliphatic heterocycles. The average molecular weight is 298 g/mol. The van der Waals surface area contributed by atoms with Gasteiger partial charge in [0.15, 0.2) is 0 Å². The molecule has 0 radical (unpaired) electrons. The Bertz CT molecular complexity index is 470. The van der Waals surface area contributed by atoms with Gasteiger partial charge in [0.2, 0.25) is 0 Å². The molecule has 112 valence electrons. The minimum atomic E-state index is -5.57. The Morgan fingerprint density at radius 1 is 1.20 bits per heavy atom. The van der Waals surface area contributed by atoms with Crippen LogP contribution in [0, 0.1) is 0 Å². The van der Waals surface area contributed by atoms with Crippen LogP contribution in [0.2, 0.25) is 0 Å². The minimum absolute atomic E-state index is 0.0666. The van der Waals surface area contributed by atoms with E-state index in [1.165, 1.54) is 18.2 Å². The molecule has 0 atom stereocenters. The lowest BCUT2D eigenvalue weighted by Crippen LogP contribution is -2.36. The molecule has 0 saturated heterocycles. The summed E-state index contributed by atoms with van der Waals surface area (Å²) in [4.78, 5) is 10.6. The molecule has 1 aromatic rings.